The quantitative estimate of drug-likeness (QED) is 0.764. The summed E-state index contributed by atoms with van der Waals surface area (Å²) in [5.41, 5.74) is 2.31. The molecule has 0 aliphatic heterocycles. The highest BCUT2D eigenvalue weighted by atomic mass is 32.2. The van der Waals surface area contributed by atoms with E-state index in [2.05, 4.69) is 21.6 Å². The minimum atomic E-state index is -3.73. The van der Waals surface area contributed by atoms with Gasteiger partial charge in [-0.2, -0.15) is 0 Å². The lowest BCUT2D eigenvalue weighted by Crippen LogP contribution is -2.14. The number of anilines is 1. The van der Waals surface area contributed by atoms with Gasteiger partial charge < -0.3 is 4.42 Å². The van der Waals surface area contributed by atoms with Crippen LogP contribution in [0.1, 0.15) is 30.2 Å². The highest BCUT2D eigenvalue weighted by Gasteiger charge is 2.20. The SMILES string of the molecule is CCCc1ccc(S(=O)(=O)Nc2ncnc3oc(C)c(C)c23)cc1. The molecule has 3 rings (SSSR count). The Morgan fingerprint density at radius 1 is 1.12 bits per heavy atom. The molecule has 6 nitrogen and oxygen atoms in total. The molecule has 3 aromatic rings. The lowest BCUT2D eigenvalue weighted by molar-refractivity contribution is 0.564. The van der Waals surface area contributed by atoms with Crippen LogP contribution in [0, 0.1) is 13.8 Å². The van der Waals surface area contributed by atoms with E-state index in [1.54, 1.807) is 12.1 Å². The van der Waals surface area contributed by atoms with E-state index in [1.165, 1.54) is 6.33 Å². The largest absolute Gasteiger partial charge is 0.443 e. The van der Waals surface area contributed by atoms with Gasteiger partial charge in [-0.05, 0) is 38.0 Å². The highest BCUT2D eigenvalue weighted by molar-refractivity contribution is 7.92. The first-order chi connectivity index (χ1) is 11.4. The third kappa shape index (κ3) is 2.99. The molecule has 2 aromatic heterocycles. The van der Waals surface area contributed by atoms with Gasteiger partial charge in [-0.3, -0.25) is 4.72 Å². The Balaban J connectivity index is 1.98. The number of hydrogen-bond donors (Lipinski definition) is 1. The van der Waals surface area contributed by atoms with Crippen LogP contribution in [-0.2, 0) is 16.4 Å². The molecule has 0 saturated heterocycles. The predicted molar refractivity (Wildman–Crippen MR) is 92.5 cm³/mol. The van der Waals surface area contributed by atoms with Gasteiger partial charge in [0.15, 0.2) is 5.82 Å². The molecule has 0 aliphatic carbocycles. The fraction of sp³-hybridized carbons (Fsp3) is 0.294. The first-order valence-corrected chi connectivity index (χ1v) is 9.23. The summed E-state index contributed by atoms with van der Waals surface area (Å²) in [5.74, 6) is 0.918. The van der Waals surface area contributed by atoms with Gasteiger partial charge in [0.2, 0.25) is 5.71 Å². The fourth-order valence-electron chi connectivity index (χ4n) is 2.57. The van der Waals surface area contributed by atoms with Crippen LogP contribution in [0.3, 0.4) is 0 Å². The summed E-state index contributed by atoms with van der Waals surface area (Å²) in [6.45, 7) is 5.74. The van der Waals surface area contributed by atoms with Crippen LogP contribution in [0.5, 0.6) is 0 Å². The number of hydrogen-bond acceptors (Lipinski definition) is 5. The Hall–Kier alpha value is -2.41. The Morgan fingerprint density at radius 3 is 2.50 bits per heavy atom. The first kappa shape index (κ1) is 16.4. The van der Waals surface area contributed by atoms with E-state index in [0.717, 1.165) is 24.0 Å². The Morgan fingerprint density at radius 2 is 1.83 bits per heavy atom. The van der Waals surface area contributed by atoms with Gasteiger partial charge in [0.05, 0.1) is 10.3 Å². The van der Waals surface area contributed by atoms with Crippen molar-refractivity contribution in [2.24, 2.45) is 0 Å². The summed E-state index contributed by atoms with van der Waals surface area (Å²) in [6.07, 6.45) is 3.23. The zero-order chi connectivity index (χ0) is 17.3. The lowest BCUT2D eigenvalue weighted by atomic mass is 10.1. The van der Waals surface area contributed by atoms with Crippen molar-refractivity contribution in [3.63, 3.8) is 0 Å². The predicted octanol–water partition coefficient (Wildman–Crippen LogP) is 3.59. The van der Waals surface area contributed by atoms with Crippen molar-refractivity contribution < 1.29 is 12.8 Å². The Kier molecular flexibility index (Phi) is 4.28. The van der Waals surface area contributed by atoms with Crippen LogP contribution in [0.15, 0.2) is 39.9 Å². The Bertz CT molecular complexity index is 976. The summed E-state index contributed by atoms with van der Waals surface area (Å²) in [5, 5.41) is 0.584. The van der Waals surface area contributed by atoms with Gasteiger partial charge in [0, 0.05) is 5.56 Å². The molecule has 0 atom stereocenters. The molecule has 2 heterocycles. The third-order valence-electron chi connectivity index (χ3n) is 3.97. The summed E-state index contributed by atoms with van der Waals surface area (Å²) < 4.78 is 33.3. The van der Waals surface area contributed by atoms with E-state index in [1.807, 2.05) is 26.0 Å². The molecular formula is C17H19N3O3S. The van der Waals surface area contributed by atoms with Gasteiger partial charge in [0.25, 0.3) is 10.0 Å². The monoisotopic (exact) mass is 345 g/mol. The number of nitrogens with zero attached hydrogens (tertiary/aromatic N) is 2. The van der Waals surface area contributed by atoms with E-state index < -0.39 is 10.0 Å². The smallest absolute Gasteiger partial charge is 0.263 e. The van der Waals surface area contributed by atoms with E-state index in [-0.39, 0.29) is 10.7 Å². The topological polar surface area (TPSA) is 85.1 Å². The second-order valence-corrected chi connectivity index (χ2v) is 7.37. The van der Waals surface area contributed by atoms with Gasteiger partial charge in [-0.15, -0.1) is 0 Å². The summed E-state index contributed by atoms with van der Waals surface area (Å²) >= 11 is 0. The number of furan rings is 1. The molecule has 7 heteroatoms. The molecule has 0 aliphatic rings. The number of aryl methyl sites for hydroxylation is 3. The maximum Gasteiger partial charge on any atom is 0.263 e. The van der Waals surface area contributed by atoms with Crippen molar-refractivity contribution >= 4 is 26.9 Å². The van der Waals surface area contributed by atoms with Crippen LogP contribution in [0.25, 0.3) is 11.1 Å². The molecule has 0 spiro atoms. The molecular weight excluding hydrogens is 326 g/mol. The molecule has 1 N–H and O–H groups in total. The first-order valence-electron chi connectivity index (χ1n) is 7.75. The molecule has 0 radical (unpaired) electrons. The van der Waals surface area contributed by atoms with E-state index in [0.29, 0.717) is 16.9 Å². The van der Waals surface area contributed by atoms with Crippen molar-refractivity contribution in [2.45, 2.75) is 38.5 Å². The maximum atomic E-state index is 12.6. The molecule has 24 heavy (non-hydrogen) atoms. The number of rotatable bonds is 5. The van der Waals surface area contributed by atoms with Crippen molar-refractivity contribution in [2.75, 3.05) is 4.72 Å². The standard InChI is InChI=1S/C17H19N3O3S/c1-4-5-13-6-8-14(9-7-13)24(21,22)20-16-15-11(2)12(3)23-17(15)19-10-18-16/h6-10H,4-5H2,1-3H3,(H,18,19,20). The van der Waals surface area contributed by atoms with Crippen molar-refractivity contribution in [3.8, 4) is 0 Å². The highest BCUT2D eigenvalue weighted by Crippen LogP contribution is 2.29. The zero-order valence-electron chi connectivity index (χ0n) is 13.8. The van der Waals surface area contributed by atoms with Gasteiger partial charge in [0.1, 0.15) is 12.1 Å². The average Bonchev–Trinajstić information content (AvgIpc) is 2.84. The van der Waals surface area contributed by atoms with Crippen LogP contribution in [0.2, 0.25) is 0 Å². The molecule has 0 amide bonds. The van der Waals surface area contributed by atoms with Crippen molar-refractivity contribution in [1.29, 1.82) is 0 Å². The number of sulfonamides is 1. The second kappa shape index (κ2) is 6.24. The van der Waals surface area contributed by atoms with Crippen LogP contribution >= 0.6 is 0 Å². The molecule has 0 fully saturated rings. The normalized spacial score (nSPS) is 11.8. The molecule has 0 saturated carbocycles. The second-order valence-electron chi connectivity index (χ2n) is 5.69. The number of aromatic nitrogens is 2. The van der Waals surface area contributed by atoms with Crippen LogP contribution < -0.4 is 4.72 Å². The van der Waals surface area contributed by atoms with Gasteiger partial charge in [-0.25, -0.2) is 18.4 Å². The summed E-state index contributed by atoms with van der Waals surface area (Å²) in [7, 11) is -3.73. The van der Waals surface area contributed by atoms with E-state index in [4.69, 9.17) is 4.42 Å². The van der Waals surface area contributed by atoms with E-state index in [9.17, 15) is 8.42 Å². The zero-order valence-corrected chi connectivity index (χ0v) is 14.6. The van der Waals surface area contributed by atoms with Crippen molar-refractivity contribution in [3.05, 3.63) is 47.5 Å². The number of nitrogens with one attached hydrogen (secondary N) is 1. The van der Waals surface area contributed by atoms with Gasteiger partial charge >= 0.3 is 0 Å². The van der Waals surface area contributed by atoms with Gasteiger partial charge in [-0.1, -0.05) is 25.5 Å². The fourth-order valence-corrected chi connectivity index (χ4v) is 3.59. The molecule has 126 valence electrons. The number of fused-ring (bicyclic) bond motifs is 1. The summed E-state index contributed by atoms with van der Waals surface area (Å²) in [4.78, 5) is 8.32. The third-order valence-corrected chi connectivity index (χ3v) is 5.32. The maximum absolute atomic E-state index is 12.6. The lowest BCUT2D eigenvalue weighted by Gasteiger charge is -2.09. The van der Waals surface area contributed by atoms with Crippen molar-refractivity contribution in [1.82, 2.24) is 9.97 Å². The van der Waals surface area contributed by atoms with E-state index >= 15 is 0 Å². The average molecular weight is 345 g/mol. The minimum absolute atomic E-state index is 0.201. The summed E-state index contributed by atoms with van der Waals surface area (Å²) in [6, 6.07) is 6.89. The van der Waals surface area contributed by atoms with Crippen LogP contribution in [-0.4, -0.2) is 18.4 Å². The Labute approximate surface area is 141 Å². The molecule has 0 bridgehead atoms. The molecule has 1 aromatic carbocycles. The minimum Gasteiger partial charge on any atom is -0.443 e. The molecule has 0 unspecified atom stereocenters. The van der Waals surface area contributed by atoms with Crippen LogP contribution in [0.4, 0.5) is 5.82 Å². The number of benzene rings is 1.